The molecule has 154 valence electrons. The standard InChI is InChI=1S/C23H33NO4/c1-22(2,3)28-21(26)24-14-12-23(13-15-24,20(25)27-4)11-10-18-16-19(18)17-8-6-5-7-9-17/h5-9,18-19H,10-16H2,1-4H3/t18-,19?/m1/s1. The van der Waals surface area contributed by atoms with Crippen molar-refractivity contribution in [2.24, 2.45) is 11.3 Å². The van der Waals surface area contributed by atoms with E-state index in [2.05, 4.69) is 24.3 Å². The molecule has 1 aliphatic carbocycles. The second-order valence-corrected chi connectivity index (χ2v) is 9.29. The number of piperidine rings is 1. The van der Waals surface area contributed by atoms with E-state index in [9.17, 15) is 9.59 Å². The van der Waals surface area contributed by atoms with Crippen LogP contribution in [0.3, 0.4) is 0 Å². The maximum Gasteiger partial charge on any atom is 0.410 e. The third-order valence-corrected chi connectivity index (χ3v) is 6.13. The molecule has 2 atom stereocenters. The Morgan fingerprint density at radius 1 is 1.14 bits per heavy atom. The molecule has 1 unspecified atom stereocenters. The van der Waals surface area contributed by atoms with E-state index in [1.54, 1.807) is 4.90 Å². The molecule has 1 aromatic rings. The first-order valence-corrected chi connectivity index (χ1v) is 10.4. The summed E-state index contributed by atoms with van der Waals surface area (Å²) < 4.78 is 10.6. The SMILES string of the molecule is COC(=O)C1(CC[C@@H]2CC2c2ccccc2)CCN(C(=O)OC(C)(C)C)CC1. The number of hydrogen-bond donors (Lipinski definition) is 0. The van der Waals surface area contributed by atoms with E-state index in [-0.39, 0.29) is 12.1 Å². The molecule has 2 aliphatic rings. The topological polar surface area (TPSA) is 55.8 Å². The Labute approximate surface area is 168 Å². The van der Waals surface area contributed by atoms with Gasteiger partial charge in [-0.1, -0.05) is 30.3 Å². The van der Waals surface area contributed by atoms with Crippen molar-refractivity contribution in [3.8, 4) is 0 Å². The molecule has 1 saturated heterocycles. The molecule has 5 nitrogen and oxygen atoms in total. The number of methoxy groups -OCH3 is 1. The minimum Gasteiger partial charge on any atom is -0.469 e. The van der Waals surface area contributed by atoms with Crippen LogP contribution in [0.1, 0.15) is 64.4 Å². The summed E-state index contributed by atoms with van der Waals surface area (Å²) in [5.74, 6) is 1.14. The lowest BCUT2D eigenvalue weighted by Gasteiger charge is -2.40. The van der Waals surface area contributed by atoms with Crippen molar-refractivity contribution in [1.82, 2.24) is 4.90 Å². The van der Waals surface area contributed by atoms with Crippen LogP contribution < -0.4 is 0 Å². The van der Waals surface area contributed by atoms with Gasteiger partial charge in [0.2, 0.25) is 0 Å². The first-order valence-electron chi connectivity index (χ1n) is 10.4. The summed E-state index contributed by atoms with van der Waals surface area (Å²) >= 11 is 0. The van der Waals surface area contributed by atoms with Crippen molar-refractivity contribution in [2.45, 2.75) is 64.4 Å². The molecule has 0 aromatic heterocycles. The summed E-state index contributed by atoms with van der Waals surface area (Å²) in [6.45, 7) is 6.68. The van der Waals surface area contributed by atoms with Gasteiger partial charge < -0.3 is 14.4 Å². The van der Waals surface area contributed by atoms with Gasteiger partial charge >= 0.3 is 12.1 Å². The highest BCUT2D eigenvalue weighted by molar-refractivity contribution is 5.77. The van der Waals surface area contributed by atoms with Crippen LogP contribution >= 0.6 is 0 Å². The predicted octanol–water partition coefficient (Wildman–Crippen LogP) is 4.76. The number of rotatable bonds is 5. The normalized spacial score (nSPS) is 23.8. The Morgan fingerprint density at radius 2 is 1.79 bits per heavy atom. The molecule has 28 heavy (non-hydrogen) atoms. The molecule has 0 spiro atoms. The lowest BCUT2D eigenvalue weighted by atomic mass is 9.74. The second-order valence-electron chi connectivity index (χ2n) is 9.29. The average molecular weight is 388 g/mol. The predicted molar refractivity (Wildman–Crippen MR) is 108 cm³/mol. The zero-order valence-corrected chi connectivity index (χ0v) is 17.6. The lowest BCUT2D eigenvalue weighted by molar-refractivity contribution is -0.156. The van der Waals surface area contributed by atoms with Gasteiger partial charge in [-0.15, -0.1) is 0 Å². The van der Waals surface area contributed by atoms with E-state index in [4.69, 9.17) is 9.47 Å². The largest absolute Gasteiger partial charge is 0.469 e. The maximum atomic E-state index is 12.6. The van der Waals surface area contributed by atoms with Gasteiger partial charge in [-0.05, 0) is 70.3 Å². The number of hydrogen-bond acceptors (Lipinski definition) is 4. The van der Waals surface area contributed by atoms with E-state index in [0.29, 0.717) is 37.8 Å². The number of amides is 1. The van der Waals surface area contributed by atoms with E-state index >= 15 is 0 Å². The van der Waals surface area contributed by atoms with Crippen molar-refractivity contribution in [3.05, 3.63) is 35.9 Å². The van der Waals surface area contributed by atoms with Gasteiger partial charge in [0.25, 0.3) is 0 Å². The zero-order chi connectivity index (χ0) is 20.4. The first-order chi connectivity index (χ1) is 13.2. The fourth-order valence-corrected chi connectivity index (χ4v) is 4.35. The summed E-state index contributed by atoms with van der Waals surface area (Å²) in [4.78, 5) is 26.7. The van der Waals surface area contributed by atoms with Crippen LogP contribution in [0.4, 0.5) is 4.79 Å². The zero-order valence-electron chi connectivity index (χ0n) is 17.6. The Kier molecular flexibility index (Phi) is 6.01. The Hall–Kier alpha value is -2.04. The van der Waals surface area contributed by atoms with Gasteiger partial charge in [0.05, 0.1) is 12.5 Å². The van der Waals surface area contributed by atoms with Crippen LogP contribution in [0, 0.1) is 11.3 Å². The van der Waals surface area contributed by atoms with Crippen LogP contribution in [0.25, 0.3) is 0 Å². The molecular weight excluding hydrogens is 354 g/mol. The molecule has 1 saturated carbocycles. The summed E-state index contributed by atoms with van der Waals surface area (Å²) in [5.41, 5.74) is 0.420. The Morgan fingerprint density at radius 3 is 2.36 bits per heavy atom. The van der Waals surface area contributed by atoms with Gasteiger partial charge in [0, 0.05) is 13.1 Å². The van der Waals surface area contributed by atoms with Crippen LogP contribution in [0.5, 0.6) is 0 Å². The number of likely N-dealkylation sites (tertiary alicyclic amines) is 1. The van der Waals surface area contributed by atoms with E-state index < -0.39 is 11.0 Å². The van der Waals surface area contributed by atoms with E-state index in [1.807, 2.05) is 26.8 Å². The van der Waals surface area contributed by atoms with Gasteiger partial charge in [0.1, 0.15) is 5.60 Å². The fourth-order valence-electron chi connectivity index (χ4n) is 4.35. The van der Waals surface area contributed by atoms with E-state index in [0.717, 1.165) is 12.8 Å². The first kappa shape index (κ1) is 20.7. The molecule has 1 aromatic carbocycles. The van der Waals surface area contributed by atoms with E-state index in [1.165, 1.54) is 19.1 Å². The lowest BCUT2D eigenvalue weighted by Crippen LogP contribution is -2.48. The molecule has 0 N–H and O–H groups in total. The molecule has 3 rings (SSSR count). The average Bonchev–Trinajstić information content (AvgIpc) is 3.45. The highest BCUT2D eigenvalue weighted by atomic mass is 16.6. The number of esters is 1. The molecule has 0 bridgehead atoms. The molecule has 1 amide bonds. The van der Waals surface area contributed by atoms with Gasteiger partial charge in [-0.2, -0.15) is 0 Å². The summed E-state index contributed by atoms with van der Waals surface area (Å²) in [6, 6.07) is 10.6. The number of ether oxygens (including phenoxy) is 2. The molecule has 1 aliphatic heterocycles. The summed E-state index contributed by atoms with van der Waals surface area (Å²) in [6.07, 6.45) is 4.04. The summed E-state index contributed by atoms with van der Waals surface area (Å²) in [7, 11) is 1.47. The van der Waals surface area contributed by atoms with Gasteiger partial charge in [-0.3, -0.25) is 4.79 Å². The summed E-state index contributed by atoms with van der Waals surface area (Å²) in [5, 5.41) is 0. The number of carbonyl (C=O) groups is 2. The number of benzene rings is 1. The van der Waals surface area contributed by atoms with Crippen molar-refractivity contribution >= 4 is 12.1 Å². The van der Waals surface area contributed by atoms with Gasteiger partial charge in [-0.25, -0.2) is 4.79 Å². The molecule has 2 fully saturated rings. The van der Waals surface area contributed by atoms with Crippen molar-refractivity contribution < 1.29 is 19.1 Å². The molecule has 5 heteroatoms. The maximum absolute atomic E-state index is 12.6. The monoisotopic (exact) mass is 387 g/mol. The quantitative estimate of drug-likeness (QED) is 0.684. The van der Waals surface area contributed by atoms with Crippen molar-refractivity contribution in [2.75, 3.05) is 20.2 Å². The smallest absolute Gasteiger partial charge is 0.410 e. The molecular formula is C23H33NO4. The third kappa shape index (κ3) is 4.86. The Balaban J connectivity index is 1.56. The van der Waals surface area contributed by atoms with Crippen molar-refractivity contribution in [1.29, 1.82) is 0 Å². The van der Waals surface area contributed by atoms with Crippen LogP contribution in [-0.4, -0.2) is 42.8 Å². The Bertz CT molecular complexity index is 686. The van der Waals surface area contributed by atoms with Gasteiger partial charge in [0.15, 0.2) is 0 Å². The minimum absolute atomic E-state index is 0.131. The number of nitrogens with zero attached hydrogens (tertiary/aromatic N) is 1. The van der Waals surface area contributed by atoms with Crippen LogP contribution in [0.15, 0.2) is 30.3 Å². The van der Waals surface area contributed by atoms with Crippen LogP contribution in [0.2, 0.25) is 0 Å². The minimum atomic E-state index is -0.508. The fraction of sp³-hybridized carbons (Fsp3) is 0.652. The highest BCUT2D eigenvalue weighted by Crippen LogP contribution is 2.52. The molecule has 1 heterocycles. The number of carbonyl (C=O) groups excluding carboxylic acids is 2. The second kappa shape index (κ2) is 8.14. The van der Waals surface area contributed by atoms with Crippen molar-refractivity contribution in [3.63, 3.8) is 0 Å². The molecule has 0 radical (unpaired) electrons. The highest BCUT2D eigenvalue weighted by Gasteiger charge is 2.46. The van der Waals surface area contributed by atoms with Crippen LogP contribution in [-0.2, 0) is 14.3 Å². The third-order valence-electron chi connectivity index (χ3n) is 6.13.